The number of rotatable bonds is 5. The van der Waals surface area contributed by atoms with Gasteiger partial charge in [-0.15, -0.1) is 0 Å². The number of nitrogens with two attached hydrogens (primary N) is 1. The largest absolute Gasteiger partial charge is 0.488 e. The average molecular weight is 400 g/mol. The molecule has 0 aliphatic rings. The number of methoxy groups -OCH3 is 1. The van der Waals surface area contributed by atoms with Gasteiger partial charge in [-0.3, -0.25) is 0 Å². The van der Waals surface area contributed by atoms with Crippen LogP contribution in [0, 0.1) is 0 Å². The van der Waals surface area contributed by atoms with E-state index < -0.39 is 16.0 Å². The third kappa shape index (κ3) is 4.54. The van der Waals surface area contributed by atoms with E-state index in [9.17, 15) is 13.2 Å². The van der Waals surface area contributed by atoms with Crippen molar-refractivity contribution < 1.29 is 22.7 Å². The van der Waals surface area contributed by atoms with Crippen LogP contribution in [0.4, 0.5) is 0 Å². The lowest BCUT2D eigenvalue weighted by atomic mass is 10.2. The van der Waals surface area contributed by atoms with E-state index in [1.807, 2.05) is 24.3 Å². The van der Waals surface area contributed by atoms with E-state index in [-0.39, 0.29) is 22.8 Å². The zero-order valence-electron chi connectivity index (χ0n) is 12.2. The lowest BCUT2D eigenvalue weighted by molar-refractivity contribution is 0.0595. The summed E-state index contributed by atoms with van der Waals surface area (Å²) in [6, 6.07) is 11.2. The zero-order valence-corrected chi connectivity index (χ0v) is 14.6. The average Bonchev–Trinajstić information content (AvgIpc) is 2.52. The fourth-order valence-electron chi connectivity index (χ4n) is 1.82. The fraction of sp³-hybridized carbons (Fsp3) is 0.133. The Labute approximate surface area is 142 Å². The maximum Gasteiger partial charge on any atom is 0.341 e. The number of hydrogen-bond acceptors (Lipinski definition) is 5. The maximum atomic E-state index is 11.8. The van der Waals surface area contributed by atoms with Crippen molar-refractivity contribution in [2.45, 2.75) is 11.5 Å². The summed E-state index contributed by atoms with van der Waals surface area (Å²) in [6.07, 6.45) is 0. The lowest BCUT2D eigenvalue weighted by Crippen LogP contribution is -2.14. The summed E-state index contributed by atoms with van der Waals surface area (Å²) in [6.45, 7) is 0.214. The zero-order chi connectivity index (χ0) is 17.0. The number of carbonyl (C=O) groups excluding carboxylic acids is 1. The minimum absolute atomic E-state index is 0.00358. The molecular formula is C15H14BrNO5S. The van der Waals surface area contributed by atoms with Gasteiger partial charge in [0.05, 0.1) is 12.0 Å². The van der Waals surface area contributed by atoms with E-state index in [0.29, 0.717) is 0 Å². The van der Waals surface area contributed by atoms with Crippen molar-refractivity contribution in [2.75, 3.05) is 7.11 Å². The molecule has 0 heterocycles. The minimum Gasteiger partial charge on any atom is -0.488 e. The second kappa shape index (κ2) is 7.12. The number of esters is 1. The van der Waals surface area contributed by atoms with E-state index in [2.05, 4.69) is 20.7 Å². The second-order valence-electron chi connectivity index (χ2n) is 4.61. The molecule has 0 bridgehead atoms. The Morgan fingerprint density at radius 1 is 1.17 bits per heavy atom. The van der Waals surface area contributed by atoms with Gasteiger partial charge < -0.3 is 9.47 Å². The normalized spacial score (nSPS) is 11.1. The van der Waals surface area contributed by atoms with Crippen molar-refractivity contribution in [2.24, 2.45) is 5.14 Å². The molecule has 0 aliphatic heterocycles. The van der Waals surface area contributed by atoms with Gasteiger partial charge in [0.15, 0.2) is 0 Å². The first-order chi connectivity index (χ1) is 10.8. The van der Waals surface area contributed by atoms with Crippen molar-refractivity contribution in [3.8, 4) is 5.75 Å². The molecule has 0 spiro atoms. The quantitative estimate of drug-likeness (QED) is 0.778. The molecule has 122 valence electrons. The Morgan fingerprint density at radius 3 is 2.39 bits per heavy atom. The molecule has 0 saturated carbocycles. The van der Waals surface area contributed by atoms with Crippen molar-refractivity contribution in [1.82, 2.24) is 0 Å². The van der Waals surface area contributed by atoms with Crippen LogP contribution in [0.2, 0.25) is 0 Å². The van der Waals surface area contributed by atoms with Crippen LogP contribution in [0.25, 0.3) is 0 Å². The van der Waals surface area contributed by atoms with Crippen LogP contribution in [0.1, 0.15) is 15.9 Å². The van der Waals surface area contributed by atoms with Gasteiger partial charge >= 0.3 is 5.97 Å². The highest BCUT2D eigenvalue weighted by molar-refractivity contribution is 9.10. The molecule has 0 atom stereocenters. The molecule has 0 amide bonds. The number of hydrogen-bond donors (Lipinski definition) is 1. The number of halogens is 1. The van der Waals surface area contributed by atoms with Crippen LogP contribution in [-0.2, 0) is 21.4 Å². The Balaban J connectivity index is 2.30. The lowest BCUT2D eigenvalue weighted by Gasteiger charge is -2.11. The van der Waals surface area contributed by atoms with Gasteiger partial charge in [0.2, 0.25) is 10.0 Å². The summed E-state index contributed by atoms with van der Waals surface area (Å²) in [4.78, 5) is 11.6. The van der Waals surface area contributed by atoms with Crippen LogP contribution >= 0.6 is 15.9 Å². The van der Waals surface area contributed by atoms with Crippen LogP contribution in [0.15, 0.2) is 51.8 Å². The van der Waals surface area contributed by atoms with Crippen molar-refractivity contribution in [3.05, 3.63) is 58.1 Å². The van der Waals surface area contributed by atoms with Gasteiger partial charge in [-0.2, -0.15) is 0 Å². The first kappa shape index (κ1) is 17.5. The van der Waals surface area contributed by atoms with E-state index in [0.717, 1.165) is 16.1 Å². The highest BCUT2D eigenvalue weighted by Crippen LogP contribution is 2.24. The molecule has 8 heteroatoms. The topological polar surface area (TPSA) is 95.7 Å². The van der Waals surface area contributed by atoms with Gasteiger partial charge in [-0.25, -0.2) is 18.4 Å². The van der Waals surface area contributed by atoms with E-state index in [1.54, 1.807) is 0 Å². The summed E-state index contributed by atoms with van der Waals surface area (Å²) in [5.74, 6) is -0.492. The van der Waals surface area contributed by atoms with Gasteiger partial charge in [0, 0.05) is 4.47 Å². The molecule has 0 unspecified atom stereocenters. The maximum absolute atomic E-state index is 11.8. The summed E-state index contributed by atoms with van der Waals surface area (Å²) in [5.41, 5.74) is 0.885. The summed E-state index contributed by atoms with van der Waals surface area (Å²) < 4.78 is 34.0. The molecule has 0 aliphatic carbocycles. The highest BCUT2D eigenvalue weighted by Gasteiger charge is 2.18. The number of ether oxygens (including phenoxy) is 2. The van der Waals surface area contributed by atoms with Crippen molar-refractivity contribution >= 4 is 31.9 Å². The Kier molecular flexibility index (Phi) is 5.40. The fourth-order valence-corrected chi connectivity index (χ4v) is 2.63. The third-order valence-corrected chi connectivity index (χ3v) is 4.43. The molecule has 2 N–H and O–H groups in total. The molecule has 2 aromatic carbocycles. The minimum atomic E-state index is -3.92. The summed E-state index contributed by atoms with van der Waals surface area (Å²) >= 11 is 3.34. The summed E-state index contributed by atoms with van der Waals surface area (Å²) in [7, 11) is -2.73. The van der Waals surface area contributed by atoms with Crippen LogP contribution in [0.5, 0.6) is 5.75 Å². The molecule has 2 rings (SSSR count). The number of carbonyl (C=O) groups is 1. The van der Waals surface area contributed by atoms with Gasteiger partial charge in [0.1, 0.15) is 17.9 Å². The number of benzene rings is 2. The van der Waals surface area contributed by atoms with E-state index >= 15 is 0 Å². The van der Waals surface area contributed by atoms with Crippen molar-refractivity contribution in [3.63, 3.8) is 0 Å². The van der Waals surface area contributed by atoms with E-state index in [1.165, 1.54) is 19.2 Å². The van der Waals surface area contributed by atoms with Gasteiger partial charge in [-0.1, -0.05) is 28.1 Å². The smallest absolute Gasteiger partial charge is 0.341 e. The molecule has 6 nitrogen and oxygen atoms in total. The third-order valence-electron chi connectivity index (χ3n) is 2.99. The standard InChI is InChI=1S/C15H14BrNO5S/c1-21-15(18)13-8-12(23(17,19)20)6-7-14(13)22-9-10-2-4-11(16)5-3-10/h2-8H,9H2,1H3,(H2,17,19,20). The molecule has 0 saturated heterocycles. The molecular weight excluding hydrogens is 386 g/mol. The SMILES string of the molecule is COC(=O)c1cc(S(N)(=O)=O)ccc1OCc1ccc(Br)cc1. The molecule has 23 heavy (non-hydrogen) atoms. The molecule has 0 fully saturated rings. The summed E-state index contributed by atoms with van der Waals surface area (Å²) in [5, 5.41) is 5.07. The van der Waals surface area contributed by atoms with E-state index in [4.69, 9.17) is 9.88 Å². The predicted molar refractivity (Wildman–Crippen MR) is 87.6 cm³/mol. The number of sulfonamides is 1. The predicted octanol–water partition coefficient (Wildman–Crippen LogP) is 2.46. The second-order valence-corrected chi connectivity index (χ2v) is 7.09. The van der Waals surface area contributed by atoms with Gasteiger partial charge in [0.25, 0.3) is 0 Å². The molecule has 0 radical (unpaired) electrons. The monoisotopic (exact) mass is 399 g/mol. The van der Waals surface area contributed by atoms with Crippen LogP contribution in [-0.4, -0.2) is 21.5 Å². The number of primary sulfonamides is 1. The first-order valence-corrected chi connectivity index (χ1v) is 8.77. The Morgan fingerprint density at radius 2 is 1.83 bits per heavy atom. The Bertz CT molecular complexity index is 818. The van der Waals surface area contributed by atoms with Crippen LogP contribution in [0.3, 0.4) is 0 Å². The highest BCUT2D eigenvalue weighted by atomic mass is 79.9. The van der Waals surface area contributed by atoms with Crippen molar-refractivity contribution in [1.29, 1.82) is 0 Å². The van der Waals surface area contributed by atoms with Gasteiger partial charge in [-0.05, 0) is 35.9 Å². The molecule has 2 aromatic rings. The molecule has 0 aromatic heterocycles. The Hall–Kier alpha value is -1.90. The van der Waals surface area contributed by atoms with Crippen LogP contribution < -0.4 is 9.88 Å². The first-order valence-electron chi connectivity index (χ1n) is 6.43.